The maximum absolute atomic E-state index is 11.9. The zero-order valence-corrected chi connectivity index (χ0v) is 9.93. The molecule has 0 fully saturated rings. The monoisotopic (exact) mass is 243 g/mol. The lowest BCUT2D eigenvalue weighted by Gasteiger charge is -1.97. The van der Waals surface area contributed by atoms with Crippen molar-refractivity contribution >= 4 is 11.0 Å². The Kier molecular flexibility index (Phi) is 2.34. The minimum Gasteiger partial charge on any atom is -0.464 e. The van der Waals surface area contributed by atoms with Crippen LogP contribution in [0.15, 0.2) is 39.7 Å². The molecule has 3 rings (SSSR count). The van der Waals surface area contributed by atoms with Gasteiger partial charge in [-0.25, -0.2) is 0 Å². The van der Waals surface area contributed by atoms with Crippen molar-refractivity contribution in [2.75, 3.05) is 0 Å². The zero-order valence-electron chi connectivity index (χ0n) is 9.93. The highest BCUT2D eigenvalue weighted by Crippen LogP contribution is 2.30. The van der Waals surface area contributed by atoms with Gasteiger partial charge in [0, 0.05) is 24.5 Å². The van der Waals surface area contributed by atoms with Crippen molar-refractivity contribution in [1.82, 2.24) is 9.78 Å². The van der Waals surface area contributed by atoms with Gasteiger partial charge in [-0.15, -0.1) is 0 Å². The van der Waals surface area contributed by atoms with Crippen LogP contribution in [0.5, 0.6) is 0 Å². The minimum absolute atomic E-state index is 0.0993. The molecular weight excluding hydrogens is 230 g/mol. The zero-order chi connectivity index (χ0) is 12.7. The molecule has 0 bridgehead atoms. The summed E-state index contributed by atoms with van der Waals surface area (Å²) < 4.78 is 6.91. The maximum atomic E-state index is 11.9. The molecule has 0 amide bonds. The molecule has 0 spiro atoms. The lowest BCUT2D eigenvalue weighted by Crippen LogP contribution is -2.17. The van der Waals surface area contributed by atoms with Crippen LogP contribution in [0, 0.1) is 0 Å². The van der Waals surface area contributed by atoms with Crippen molar-refractivity contribution in [3.63, 3.8) is 0 Å². The first-order valence-electron chi connectivity index (χ1n) is 5.67. The highest BCUT2D eigenvalue weighted by Gasteiger charge is 2.16. The second-order valence-electron chi connectivity index (χ2n) is 4.18. The van der Waals surface area contributed by atoms with Gasteiger partial charge >= 0.3 is 0 Å². The third kappa shape index (κ3) is 1.41. The van der Waals surface area contributed by atoms with Gasteiger partial charge in [-0.05, 0) is 6.07 Å². The van der Waals surface area contributed by atoms with Gasteiger partial charge in [0.05, 0.1) is 11.3 Å². The number of H-pyrrole nitrogens is 1. The number of rotatable bonds is 2. The summed E-state index contributed by atoms with van der Waals surface area (Å²) in [5.74, 6) is 0. The summed E-state index contributed by atoms with van der Waals surface area (Å²) in [6.07, 6.45) is 1.65. The van der Waals surface area contributed by atoms with E-state index in [1.54, 1.807) is 13.3 Å². The number of nitrogens with two attached hydrogens (primary N) is 1. The Morgan fingerprint density at radius 1 is 1.39 bits per heavy atom. The summed E-state index contributed by atoms with van der Waals surface area (Å²) in [7, 11) is 1.67. The van der Waals surface area contributed by atoms with Gasteiger partial charge in [0.25, 0.3) is 5.56 Å². The van der Waals surface area contributed by atoms with E-state index in [-0.39, 0.29) is 12.1 Å². The highest BCUT2D eigenvalue weighted by atomic mass is 16.3. The van der Waals surface area contributed by atoms with E-state index in [0.29, 0.717) is 5.56 Å². The molecule has 5 heteroatoms. The van der Waals surface area contributed by atoms with E-state index in [1.807, 2.05) is 24.3 Å². The molecule has 3 N–H and O–H groups in total. The van der Waals surface area contributed by atoms with Crippen molar-refractivity contribution in [1.29, 1.82) is 0 Å². The fourth-order valence-electron chi connectivity index (χ4n) is 2.18. The van der Waals surface area contributed by atoms with E-state index in [2.05, 4.69) is 5.10 Å². The predicted octanol–water partition coefficient (Wildman–Crippen LogP) is 1.59. The standard InChI is InChI=1S/C13H13N3O2/c1-16-13(17)9(6-14)12(15-16)10-7-18-11-5-3-2-4-8(10)11/h2-5,7,15H,6,14H2,1H3. The second kappa shape index (κ2) is 3.89. The largest absolute Gasteiger partial charge is 0.464 e. The predicted molar refractivity (Wildman–Crippen MR) is 69.1 cm³/mol. The van der Waals surface area contributed by atoms with Gasteiger partial charge in [-0.3, -0.25) is 14.6 Å². The van der Waals surface area contributed by atoms with Crippen LogP contribution in [0.2, 0.25) is 0 Å². The Balaban J connectivity index is 2.33. The molecule has 1 aromatic carbocycles. The third-order valence-electron chi connectivity index (χ3n) is 3.10. The van der Waals surface area contributed by atoms with Crippen LogP contribution in [-0.4, -0.2) is 9.78 Å². The SMILES string of the molecule is Cn1[nH]c(-c2coc3ccccc23)c(CN)c1=O. The summed E-state index contributed by atoms with van der Waals surface area (Å²) >= 11 is 0. The first-order chi connectivity index (χ1) is 8.72. The molecule has 2 aromatic heterocycles. The van der Waals surface area contributed by atoms with E-state index >= 15 is 0 Å². The fraction of sp³-hybridized carbons (Fsp3) is 0.154. The number of hydrogen-bond acceptors (Lipinski definition) is 3. The number of benzene rings is 1. The average Bonchev–Trinajstić information content (AvgIpc) is 2.92. The molecule has 92 valence electrons. The van der Waals surface area contributed by atoms with Crippen LogP contribution in [0.1, 0.15) is 5.56 Å². The summed E-state index contributed by atoms with van der Waals surface area (Å²) in [6, 6.07) is 7.69. The number of furan rings is 1. The van der Waals surface area contributed by atoms with Gasteiger partial charge in [-0.2, -0.15) is 0 Å². The molecular formula is C13H13N3O2. The quantitative estimate of drug-likeness (QED) is 0.717. The van der Waals surface area contributed by atoms with Gasteiger partial charge in [0.15, 0.2) is 0 Å². The van der Waals surface area contributed by atoms with Gasteiger partial charge in [0.1, 0.15) is 11.8 Å². The molecule has 0 unspecified atom stereocenters. The summed E-state index contributed by atoms with van der Waals surface area (Å²) in [6.45, 7) is 0.199. The van der Waals surface area contributed by atoms with E-state index < -0.39 is 0 Å². The summed E-state index contributed by atoms with van der Waals surface area (Å²) in [4.78, 5) is 11.9. The average molecular weight is 243 g/mol. The van der Waals surface area contributed by atoms with Gasteiger partial charge in [0.2, 0.25) is 0 Å². The molecule has 0 aliphatic carbocycles. The molecule has 3 aromatic rings. The molecule has 0 saturated heterocycles. The lowest BCUT2D eigenvalue weighted by atomic mass is 10.1. The smallest absolute Gasteiger partial charge is 0.271 e. The number of aromatic nitrogens is 2. The number of aryl methyl sites for hydroxylation is 1. The number of hydrogen-bond donors (Lipinski definition) is 2. The van der Waals surface area contributed by atoms with Gasteiger partial charge in [-0.1, -0.05) is 18.2 Å². The van der Waals surface area contributed by atoms with Crippen LogP contribution in [0.3, 0.4) is 0 Å². The number of nitrogens with zero attached hydrogens (tertiary/aromatic N) is 1. The van der Waals surface area contributed by atoms with Crippen LogP contribution >= 0.6 is 0 Å². The second-order valence-corrected chi connectivity index (χ2v) is 4.18. The summed E-state index contributed by atoms with van der Waals surface area (Å²) in [5.41, 5.74) is 8.51. The Morgan fingerprint density at radius 3 is 2.94 bits per heavy atom. The number of fused-ring (bicyclic) bond motifs is 1. The van der Waals surface area contributed by atoms with Crippen LogP contribution in [0.4, 0.5) is 0 Å². The lowest BCUT2D eigenvalue weighted by molar-refractivity contribution is 0.616. The number of para-hydroxylation sites is 1. The molecule has 18 heavy (non-hydrogen) atoms. The Morgan fingerprint density at radius 2 is 2.17 bits per heavy atom. The number of aromatic amines is 1. The molecule has 0 atom stereocenters. The van der Waals surface area contributed by atoms with Crippen LogP contribution in [-0.2, 0) is 13.6 Å². The third-order valence-corrected chi connectivity index (χ3v) is 3.10. The molecule has 0 radical (unpaired) electrons. The van der Waals surface area contributed by atoms with Crippen molar-refractivity contribution in [3.05, 3.63) is 46.4 Å². The molecule has 0 aliphatic heterocycles. The molecule has 2 heterocycles. The van der Waals surface area contributed by atoms with Crippen molar-refractivity contribution in [2.45, 2.75) is 6.54 Å². The highest BCUT2D eigenvalue weighted by molar-refractivity contribution is 5.93. The number of nitrogens with one attached hydrogen (secondary N) is 1. The van der Waals surface area contributed by atoms with Crippen molar-refractivity contribution in [3.8, 4) is 11.3 Å². The van der Waals surface area contributed by atoms with Crippen LogP contribution in [0.25, 0.3) is 22.2 Å². The topological polar surface area (TPSA) is 76.9 Å². The van der Waals surface area contributed by atoms with Crippen molar-refractivity contribution in [2.24, 2.45) is 12.8 Å². The molecule has 0 saturated carbocycles. The molecule has 5 nitrogen and oxygen atoms in total. The van der Waals surface area contributed by atoms with E-state index in [4.69, 9.17) is 10.2 Å². The van der Waals surface area contributed by atoms with Crippen molar-refractivity contribution < 1.29 is 4.42 Å². The van der Waals surface area contributed by atoms with Crippen LogP contribution < -0.4 is 11.3 Å². The Hall–Kier alpha value is -2.27. The van der Waals surface area contributed by atoms with E-state index in [0.717, 1.165) is 22.2 Å². The fourth-order valence-corrected chi connectivity index (χ4v) is 2.18. The normalized spacial score (nSPS) is 11.2. The first-order valence-corrected chi connectivity index (χ1v) is 5.67. The van der Waals surface area contributed by atoms with E-state index in [1.165, 1.54) is 4.68 Å². The van der Waals surface area contributed by atoms with Gasteiger partial charge < -0.3 is 10.2 Å². The maximum Gasteiger partial charge on any atom is 0.271 e. The van der Waals surface area contributed by atoms with E-state index in [9.17, 15) is 4.79 Å². The first kappa shape index (κ1) is 10.9. The minimum atomic E-state index is -0.0993. The summed E-state index contributed by atoms with van der Waals surface area (Å²) in [5, 5.41) is 3.99. The Labute approximate surface area is 103 Å². The Bertz CT molecular complexity index is 764. The molecule has 0 aliphatic rings.